The van der Waals surface area contributed by atoms with Gasteiger partial charge in [0, 0.05) is 18.6 Å². The third kappa shape index (κ3) is 9.60. The lowest BCUT2D eigenvalue weighted by Crippen LogP contribution is -2.52. The molecule has 0 unspecified atom stereocenters. The van der Waals surface area contributed by atoms with Crippen LogP contribution in [0.3, 0.4) is 0 Å². The number of carbonyl (C=O) groups excluding carboxylic acids is 2. The van der Waals surface area contributed by atoms with Gasteiger partial charge in [0.2, 0.25) is 5.96 Å². The van der Waals surface area contributed by atoms with Crippen LogP contribution in [0.5, 0.6) is 0 Å². The van der Waals surface area contributed by atoms with Gasteiger partial charge in [-0.25, -0.2) is 9.59 Å². The summed E-state index contributed by atoms with van der Waals surface area (Å²) in [7, 11) is 2.11. The van der Waals surface area contributed by atoms with E-state index in [2.05, 4.69) is 34.5 Å². The first-order valence-electron chi connectivity index (χ1n) is 9.57. The van der Waals surface area contributed by atoms with E-state index in [1.54, 1.807) is 41.5 Å². The summed E-state index contributed by atoms with van der Waals surface area (Å²) in [6.07, 6.45) is 1.39. The molecule has 8 nitrogen and oxygen atoms in total. The Hall–Kier alpha value is -1.83. The number of hydrogen-bond acceptors (Lipinski definition) is 5. The molecule has 1 rings (SSSR count). The van der Waals surface area contributed by atoms with E-state index in [0.717, 1.165) is 25.8 Å². The van der Waals surface area contributed by atoms with Crippen molar-refractivity contribution in [2.75, 3.05) is 13.6 Å². The van der Waals surface area contributed by atoms with E-state index in [1.165, 1.54) is 0 Å². The summed E-state index contributed by atoms with van der Waals surface area (Å²) in [6, 6.07) is 0.544. The van der Waals surface area contributed by atoms with E-state index in [4.69, 9.17) is 9.47 Å². The van der Waals surface area contributed by atoms with Crippen LogP contribution in [0, 0.1) is 0 Å². The van der Waals surface area contributed by atoms with E-state index in [-0.39, 0.29) is 12.0 Å². The Morgan fingerprint density at radius 3 is 2.22 bits per heavy atom. The monoisotopic (exact) mass is 384 g/mol. The lowest BCUT2D eigenvalue weighted by molar-refractivity contribution is 0.0559. The summed E-state index contributed by atoms with van der Waals surface area (Å²) < 4.78 is 10.5. The summed E-state index contributed by atoms with van der Waals surface area (Å²) in [6.45, 7) is 13.7. The van der Waals surface area contributed by atoms with Gasteiger partial charge in [-0.2, -0.15) is 0 Å². The molecule has 0 aromatic heterocycles. The lowest BCUT2D eigenvalue weighted by atomic mass is 9.96. The number of amides is 2. The number of piperidine rings is 1. The first kappa shape index (κ1) is 23.2. The van der Waals surface area contributed by atoms with Gasteiger partial charge in [0.15, 0.2) is 0 Å². The summed E-state index contributed by atoms with van der Waals surface area (Å²) >= 11 is 0. The second-order valence-corrected chi connectivity index (χ2v) is 8.98. The van der Waals surface area contributed by atoms with Crippen LogP contribution in [-0.4, -0.2) is 59.9 Å². The Morgan fingerprint density at radius 1 is 1.11 bits per heavy atom. The van der Waals surface area contributed by atoms with Crippen LogP contribution >= 0.6 is 0 Å². The molecule has 156 valence electrons. The van der Waals surface area contributed by atoms with Crippen molar-refractivity contribution >= 4 is 18.1 Å². The minimum absolute atomic E-state index is 0.0582. The van der Waals surface area contributed by atoms with Crippen molar-refractivity contribution in [3.63, 3.8) is 0 Å². The van der Waals surface area contributed by atoms with E-state index >= 15 is 0 Å². The predicted molar refractivity (Wildman–Crippen MR) is 106 cm³/mol. The van der Waals surface area contributed by atoms with E-state index in [1.807, 2.05) is 0 Å². The van der Waals surface area contributed by atoms with Crippen molar-refractivity contribution in [3.05, 3.63) is 0 Å². The maximum absolute atomic E-state index is 12.1. The molecule has 8 heteroatoms. The molecule has 0 aromatic rings. The molecule has 0 aromatic carbocycles. The van der Waals surface area contributed by atoms with Gasteiger partial charge in [0.05, 0.1) is 0 Å². The minimum atomic E-state index is -0.763. The maximum Gasteiger partial charge on any atom is 0.437 e. The zero-order valence-electron chi connectivity index (χ0n) is 18.0. The Kier molecular flexibility index (Phi) is 8.07. The smallest absolute Gasteiger partial charge is 0.437 e. The molecule has 0 saturated carbocycles. The normalized spacial score (nSPS) is 22.1. The summed E-state index contributed by atoms with van der Waals surface area (Å²) in [4.78, 5) is 30.5. The second-order valence-electron chi connectivity index (χ2n) is 8.98. The van der Waals surface area contributed by atoms with Crippen LogP contribution in [0.2, 0.25) is 0 Å². The summed E-state index contributed by atoms with van der Waals surface area (Å²) in [5, 5.41) is 5.73. The molecule has 1 saturated heterocycles. The molecule has 27 heavy (non-hydrogen) atoms. The Balaban J connectivity index is 2.86. The average Bonchev–Trinajstić information content (AvgIpc) is 2.44. The van der Waals surface area contributed by atoms with Crippen LogP contribution < -0.4 is 10.6 Å². The number of nitrogens with one attached hydrogen (secondary N) is 2. The number of aliphatic imine (C=N–C) groups is 1. The third-order valence-corrected chi connectivity index (χ3v) is 4.04. The van der Waals surface area contributed by atoms with Gasteiger partial charge in [-0.15, -0.1) is 4.99 Å². The largest absolute Gasteiger partial charge is 0.444 e. The summed E-state index contributed by atoms with van der Waals surface area (Å²) in [5.41, 5.74) is -1.32. The van der Waals surface area contributed by atoms with Crippen molar-refractivity contribution in [3.8, 4) is 0 Å². The number of carbonyl (C=O) groups is 2. The number of guanidine groups is 1. The SMILES string of the molecule is CC[C@@H]1C[C@H](N/C(=N/C(=O)OC(C)(C)C)NC(=O)OC(C)(C)C)CCN1C. The molecule has 1 heterocycles. The molecule has 0 bridgehead atoms. The van der Waals surface area contributed by atoms with Crippen molar-refractivity contribution in [2.24, 2.45) is 4.99 Å². The molecule has 1 fully saturated rings. The predicted octanol–water partition coefficient (Wildman–Crippen LogP) is 3.26. The van der Waals surface area contributed by atoms with Crippen LogP contribution in [0.25, 0.3) is 0 Å². The molecule has 0 spiro atoms. The van der Waals surface area contributed by atoms with Crippen LogP contribution in [0.15, 0.2) is 4.99 Å². The minimum Gasteiger partial charge on any atom is -0.444 e. The van der Waals surface area contributed by atoms with Crippen molar-refractivity contribution in [2.45, 2.75) is 91.0 Å². The van der Waals surface area contributed by atoms with Crippen molar-refractivity contribution < 1.29 is 19.1 Å². The fraction of sp³-hybridized carbons (Fsp3) is 0.842. The van der Waals surface area contributed by atoms with E-state index in [9.17, 15) is 9.59 Å². The Morgan fingerprint density at radius 2 is 1.70 bits per heavy atom. The molecule has 2 amide bonds. The number of ether oxygens (including phenoxy) is 2. The zero-order valence-corrected chi connectivity index (χ0v) is 18.0. The number of nitrogens with zero attached hydrogens (tertiary/aromatic N) is 2. The fourth-order valence-corrected chi connectivity index (χ4v) is 2.84. The topological polar surface area (TPSA) is 92.3 Å². The average molecular weight is 385 g/mol. The molecular weight excluding hydrogens is 348 g/mol. The first-order valence-corrected chi connectivity index (χ1v) is 9.57. The number of alkyl carbamates (subject to hydrolysis) is 1. The quantitative estimate of drug-likeness (QED) is 0.561. The molecule has 0 radical (unpaired) electrons. The highest BCUT2D eigenvalue weighted by Crippen LogP contribution is 2.18. The first-order chi connectivity index (χ1) is 12.3. The van der Waals surface area contributed by atoms with Crippen LogP contribution in [0.1, 0.15) is 67.7 Å². The highest BCUT2D eigenvalue weighted by molar-refractivity contribution is 5.99. The van der Waals surface area contributed by atoms with Crippen LogP contribution in [0.4, 0.5) is 9.59 Å². The lowest BCUT2D eigenvalue weighted by Gasteiger charge is -2.37. The molecule has 0 aliphatic carbocycles. The number of rotatable bonds is 2. The molecule has 1 aliphatic heterocycles. The number of likely N-dealkylation sites (tertiary alicyclic amines) is 1. The fourth-order valence-electron chi connectivity index (χ4n) is 2.84. The standard InChI is InChI=1S/C19H36N4O4/c1-9-14-12-13(10-11-23(14)8)20-15(21-16(24)26-18(2,3)4)22-17(25)27-19(5,6)7/h13-14H,9-12H2,1-8H3,(H2,20,21,22,24,25)/t13-,14-/m1/s1. The molecule has 2 atom stereocenters. The van der Waals surface area contributed by atoms with E-state index < -0.39 is 23.4 Å². The van der Waals surface area contributed by atoms with Crippen LogP contribution in [-0.2, 0) is 9.47 Å². The highest BCUT2D eigenvalue weighted by Gasteiger charge is 2.27. The highest BCUT2D eigenvalue weighted by atomic mass is 16.6. The number of hydrogen-bond donors (Lipinski definition) is 2. The zero-order chi connectivity index (χ0) is 20.8. The van der Waals surface area contributed by atoms with Crippen molar-refractivity contribution in [1.82, 2.24) is 15.5 Å². The third-order valence-electron chi connectivity index (χ3n) is 4.04. The van der Waals surface area contributed by atoms with Gasteiger partial charge in [0.1, 0.15) is 11.2 Å². The summed E-state index contributed by atoms with van der Waals surface area (Å²) in [5.74, 6) is 0.0582. The van der Waals surface area contributed by atoms with Gasteiger partial charge in [0.25, 0.3) is 0 Å². The Bertz CT molecular complexity index is 549. The van der Waals surface area contributed by atoms with Gasteiger partial charge in [-0.1, -0.05) is 6.92 Å². The second kappa shape index (κ2) is 9.39. The van der Waals surface area contributed by atoms with Gasteiger partial charge in [-0.05, 0) is 67.9 Å². The van der Waals surface area contributed by atoms with E-state index in [0.29, 0.717) is 6.04 Å². The molecular formula is C19H36N4O4. The molecule has 1 aliphatic rings. The Labute approximate surface area is 163 Å². The van der Waals surface area contributed by atoms with Crippen molar-refractivity contribution in [1.29, 1.82) is 0 Å². The van der Waals surface area contributed by atoms with Gasteiger partial charge < -0.3 is 19.7 Å². The maximum atomic E-state index is 12.1. The van der Waals surface area contributed by atoms with Gasteiger partial charge in [-0.3, -0.25) is 5.32 Å². The van der Waals surface area contributed by atoms with Gasteiger partial charge >= 0.3 is 12.2 Å². The molecule has 2 N–H and O–H groups in total.